The number of piperidine rings is 1. The zero-order chi connectivity index (χ0) is 27.9. The number of morpholine rings is 1. The summed E-state index contributed by atoms with van der Waals surface area (Å²) in [4.78, 5) is 34.9. The summed E-state index contributed by atoms with van der Waals surface area (Å²) in [5.41, 5.74) is 0.596. The molecule has 14 heteroatoms. The highest BCUT2D eigenvalue weighted by Gasteiger charge is 2.58. The number of hydrogen-bond acceptors (Lipinski definition) is 9. The molecule has 2 saturated heterocycles. The SMILES string of the molecule is COC(=O)C1=C(CN2C3COCC2C(F)(F)[C@@H](CC(=O)O)C3)NC(c2nccs2)=N[C@H]1c1ccc(F)cc1Cl. The molecule has 0 saturated carbocycles. The van der Waals surface area contributed by atoms with E-state index in [9.17, 15) is 19.1 Å². The van der Waals surface area contributed by atoms with Crippen LogP contribution >= 0.6 is 22.9 Å². The van der Waals surface area contributed by atoms with Crippen LogP contribution in [0.5, 0.6) is 0 Å². The first-order chi connectivity index (χ1) is 18.6. The van der Waals surface area contributed by atoms with Gasteiger partial charge >= 0.3 is 11.9 Å². The molecule has 0 aliphatic carbocycles. The number of methoxy groups -OCH3 is 1. The molecule has 39 heavy (non-hydrogen) atoms. The number of thiazole rings is 1. The summed E-state index contributed by atoms with van der Waals surface area (Å²) in [5.74, 6) is -7.06. The van der Waals surface area contributed by atoms with Crippen LogP contribution in [0.4, 0.5) is 13.2 Å². The highest BCUT2D eigenvalue weighted by atomic mass is 35.5. The minimum absolute atomic E-state index is 0.0242. The molecular formula is C25H24ClF3N4O5S. The van der Waals surface area contributed by atoms with E-state index >= 15 is 8.78 Å². The van der Waals surface area contributed by atoms with Gasteiger partial charge in [-0.05, 0) is 18.6 Å². The number of carboxylic acids is 1. The van der Waals surface area contributed by atoms with Crippen LogP contribution in [-0.4, -0.2) is 77.6 Å². The standard InChI is InChI=1S/C25H24ClF3N4O5S/c1-37-24(36)20-17(9-33-14-6-12(7-19(34)35)25(28,29)18(33)11-38-10-14)31-22(23-30-4-5-39-23)32-21(20)15-3-2-13(27)8-16(15)26/h2-5,8,12,14,18,21H,6-7,9-11H2,1H3,(H,31,32)(H,34,35)/t12-,14?,18?,21+/m1/s1. The summed E-state index contributed by atoms with van der Waals surface area (Å²) in [7, 11) is 1.18. The fraction of sp³-hybridized carbons (Fsp3) is 0.440. The molecule has 2 unspecified atom stereocenters. The Morgan fingerprint density at radius 3 is 2.82 bits per heavy atom. The molecule has 3 aliphatic heterocycles. The van der Waals surface area contributed by atoms with Crippen molar-refractivity contribution in [1.29, 1.82) is 0 Å². The lowest BCUT2D eigenvalue weighted by Crippen LogP contribution is -2.67. The van der Waals surface area contributed by atoms with Gasteiger partial charge in [-0.1, -0.05) is 17.7 Å². The van der Waals surface area contributed by atoms with Crippen LogP contribution in [0.15, 0.2) is 46.0 Å². The number of halogens is 4. The van der Waals surface area contributed by atoms with E-state index in [1.165, 1.54) is 30.6 Å². The molecule has 2 aromatic rings. The highest BCUT2D eigenvalue weighted by molar-refractivity contribution is 7.11. The van der Waals surface area contributed by atoms with Gasteiger partial charge in [-0.25, -0.2) is 22.9 Å². The van der Waals surface area contributed by atoms with E-state index in [1.54, 1.807) is 16.5 Å². The van der Waals surface area contributed by atoms with Crippen LogP contribution in [0.3, 0.4) is 0 Å². The minimum Gasteiger partial charge on any atom is -0.481 e. The quantitative estimate of drug-likeness (QED) is 0.474. The van der Waals surface area contributed by atoms with Gasteiger partial charge in [-0.3, -0.25) is 14.7 Å². The van der Waals surface area contributed by atoms with Gasteiger partial charge in [0.05, 0.1) is 38.4 Å². The fourth-order valence-corrected chi connectivity index (χ4v) is 6.23. The maximum atomic E-state index is 15.6. The van der Waals surface area contributed by atoms with Crippen LogP contribution < -0.4 is 5.32 Å². The lowest BCUT2D eigenvalue weighted by Gasteiger charge is -2.52. The summed E-state index contributed by atoms with van der Waals surface area (Å²) >= 11 is 7.64. The fourth-order valence-electron chi connectivity index (χ4n) is 5.38. The topological polar surface area (TPSA) is 113 Å². The number of ether oxygens (including phenoxy) is 2. The number of nitrogens with zero attached hydrogens (tertiary/aromatic N) is 3. The molecule has 0 amide bonds. The maximum Gasteiger partial charge on any atom is 0.338 e. The lowest BCUT2D eigenvalue weighted by molar-refractivity contribution is -0.219. The molecule has 1 aromatic carbocycles. The predicted molar refractivity (Wildman–Crippen MR) is 135 cm³/mol. The number of aliphatic imine (C=N–C) groups is 1. The number of nitrogens with one attached hydrogen (secondary N) is 1. The number of amidine groups is 1. The number of carbonyl (C=O) groups is 2. The molecule has 0 spiro atoms. The Morgan fingerprint density at radius 2 is 2.15 bits per heavy atom. The van der Waals surface area contributed by atoms with Gasteiger partial charge in [-0.15, -0.1) is 11.3 Å². The molecule has 1 aromatic heterocycles. The number of aromatic nitrogens is 1. The van der Waals surface area contributed by atoms with Crippen LogP contribution in [0, 0.1) is 11.7 Å². The molecule has 2 N–H and O–H groups in total. The molecular weight excluding hydrogens is 561 g/mol. The smallest absolute Gasteiger partial charge is 0.338 e. The first kappa shape index (κ1) is 27.6. The monoisotopic (exact) mass is 584 g/mol. The van der Waals surface area contributed by atoms with Crippen LogP contribution in [0.1, 0.15) is 29.5 Å². The number of rotatable bonds is 7. The number of hydrogen-bond donors (Lipinski definition) is 2. The highest BCUT2D eigenvalue weighted by Crippen LogP contribution is 2.45. The molecule has 4 atom stereocenters. The largest absolute Gasteiger partial charge is 0.481 e. The first-order valence-corrected chi connectivity index (χ1v) is 13.3. The molecule has 2 fully saturated rings. The third-order valence-corrected chi connectivity index (χ3v) is 8.29. The van der Waals surface area contributed by atoms with E-state index in [4.69, 9.17) is 21.1 Å². The Kier molecular flexibility index (Phi) is 7.68. The summed E-state index contributed by atoms with van der Waals surface area (Å²) in [6.07, 6.45) is 0.810. The third kappa shape index (κ3) is 5.28. The van der Waals surface area contributed by atoms with Gasteiger partial charge in [0.25, 0.3) is 5.92 Å². The molecule has 4 heterocycles. The minimum atomic E-state index is -3.36. The predicted octanol–water partition coefficient (Wildman–Crippen LogP) is 3.65. The van der Waals surface area contributed by atoms with Crippen molar-refractivity contribution in [2.24, 2.45) is 10.9 Å². The Labute approximate surface area is 230 Å². The Balaban J connectivity index is 1.59. The second-order valence-electron chi connectivity index (χ2n) is 9.48. The van der Waals surface area contributed by atoms with E-state index in [-0.39, 0.29) is 48.3 Å². The Morgan fingerprint density at radius 1 is 1.36 bits per heavy atom. The first-order valence-electron chi connectivity index (χ1n) is 12.0. The molecule has 2 bridgehead atoms. The maximum absolute atomic E-state index is 15.6. The number of benzene rings is 1. The van der Waals surface area contributed by atoms with Gasteiger partial charge in [0, 0.05) is 46.4 Å². The van der Waals surface area contributed by atoms with Crippen molar-refractivity contribution < 1.29 is 37.3 Å². The van der Waals surface area contributed by atoms with E-state index < -0.39 is 54.1 Å². The molecule has 3 aliphatic rings. The van der Waals surface area contributed by atoms with Gasteiger partial charge in [-0.2, -0.15) is 0 Å². The molecule has 5 rings (SSSR count). The summed E-state index contributed by atoms with van der Waals surface area (Å²) in [6.45, 7) is -0.316. The number of esters is 1. The number of carboxylic acid groups (broad SMARTS) is 1. The van der Waals surface area contributed by atoms with Crippen LogP contribution in [0.2, 0.25) is 5.02 Å². The van der Waals surface area contributed by atoms with Gasteiger partial charge in [0.2, 0.25) is 0 Å². The normalized spacial score (nSPS) is 26.5. The zero-order valence-electron chi connectivity index (χ0n) is 20.6. The van der Waals surface area contributed by atoms with Crippen molar-refractivity contribution in [3.05, 3.63) is 62.5 Å². The second kappa shape index (κ2) is 10.9. The Bertz CT molecular complexity index is 1340. The summed E-state index contributed by atoms with van der Waals surface area (Å²) in [5, 5.41) is 14.5. The van der Waals surface area contributed by atoms with Crippen molar-refractivity contribution in [1.82, 2.24) is 15.2 Å². The number of aliphatic carboxylic acids is 1. The molecule has 0 radical (unpaired) electrons. The van der Waals surface area contributed by atoms with Crippen molar-refractivity contribution in [2.75, 3.05) is 26.9 Å². The van der Waals surface area contributed by atoms with Crippen molar-refractivity contribution in [3.8, 4) is 0 Å². The van der Waals surface area contributed by atoms with E-state index in [2.05, 4.69) is 15.3 Å². The van der Waals surface area contributed by atoms with Gasteiger partial charge in [0.15, 0.2) is 10.8 Å². The average molecular weight is 585 g/mol. The van der Waals surface area contributed by atoms with E-state index in [0.29, 0.717) is 10.6 Å². The number of alkyl halides is 2. The molecule has 208 valence electrons. The van der Waals surface area contributed by atoms with Crippen LogP contribution in [-0.2, 0) is 19.1 Å². The van der Waals surface area contributed by atoms with Gasteiger partial charge in [0.1, 0.15) is 11.9 Å². The van der Waals surface area contributed by atoms with Crippen molar-refractivity contribution in [2.45, 2.75) is 36.9 Å². The average Bonchev–Trinajstić information content (AvgIpc) is 3.42. The summed E-state index contributed by atoms with van der Waals surface area (Å²) < 4.78 is 55.5. The molecule has 9 nitrogen and oxygen atoms in total. The van der Waals surface area contributed by atoms with E-state index in [1.807, 2.05) is 0 Å². The third-order valence-electron chi connectivity index (χ3n) is 7.19. The zero-order valence-corrected chi connectivity index (χ0v) is 22.1. The second-order valence-corrected chi connectivity index (χ2v) is 10.8. The van der Waals surface area contributed by atoms with Crippen LogP contribution in [0.25, 0.3) is 0 Å². The van der Waals surface area contributed by atoms with Crippen molar-refractivity contribution in [3.63, 3.8) is 0 Å². The number of carbonyl (C=O) groups excluding carboxylic acids is 1. The number of fused-ring (bicyclic) bond motifs is 2. The van der Waals surface area contributed by atoms with Gasteiger partial charge < -0.3 is 19.9 Å². The summed E-state index contributed by atoms with van der Waals surface area (Å²) in [6, 6.07) is 0.717. The van der Waals surface area contributed by atoms with E-state index in [0.717, 1.165) is 6.07 Å². The van der Waals surface area contributed by atoms with Crippen molar-refractivity contribution >= 4 is 40.7 Å². The Hall–Kier alpha value is -3.00. The lowest BCUT2D eigenvalue weighted by atomic mass is 9.79.